The van der Waals surface area contributed by atoms with E-state index in [9.17, 15) is 15.0 Å². The lowest BCUT2D eigenvalue weighted by Crippen LogP contribution is -2.34. The number of nitrogens with zero attached hydrogens (tertiary/aromatic N) is 2. The number of pyridine rings is 2. The fourth-order valence-electron chi connectivity index (χ4n) is 6.32. The summed E-state index contributed by atoms with van der Waals surface area (Å²) in [5.74, 6) is -1.73. The number of amides is 1. The van der Waals surface area contributed by atoms with Gasteiger partial charge in [0.2, 0.25) is 0 Å². The van der Waals surface area contributed by atoms with Gasteiger partial charge in [-0.1, -0.05) is 20.3 Å². The van der Waals surface area contributed by atoms with Crippen molar-refractivity contribution >= 4 is 11.6 Å². The zero-order valence-corrected chi connectivity index (χ0v) is 24.1. The minimum atomic E-state index is -1.30. The van der Waals surface area contributed by atoms with Gasteiger partial charge in [0.05, 0.1) is 36.3 Å². The van der Waals surface area contributed by atoms with Crippen molar-refractivity contribution in [3.05, 3.63) is 71.2 Å². The van der Waals surface area contributed by atoms with Crippen LogP contribution in [0.25, 0.3) is 11.3 Å². The molecule has 8 nitrogen and oxygen atoms in total. The van der Waals surface area contributed by atoms with Gasteiger partial charge in [0.1, 0.15) is 28.8 Å². The summed E-state index contributed by atoms with van der Waals surface area (Å²) < 4.78 is 41.4. The number of hydrogen-bond donors (Lipinski definition) is 3. The number of aliphatic hydroxyl groups is 2. The second kappa shape index (κ2) is 12.4. The van der Waals surface area contributed by atoms with Crippen LogP contribution < -0.4 is 10.1 Å². The molecule has 1 saturated heterocycles. The summed E-state index contributed by atoms with van der Waals surface area (Å²) in [4.78, 5) is 21.8. The molecule has 1 saturated carbocycles. The molecule has 0 unspecified atom stereocenters. The molecule has 3 N–H and O–H groups in total. The van der Waals surface area contributed by atoms with E-state index >= 15 is 8.78 Å². The molecule has 42 heavy (non-hydrogen) atoms. The van der Waals surface area contributed by atoms with Gasteiger partial charge in [0.15, 0.2) is 0 Å². The molecule has 5 rings (SSSR count). The van der Waals surface area contributed by atoms with E-state index < -0.39 is 29.2 Å². The third kappa shape index (κ3) is 5.88. The molecule has 1 aliphatic carbocycles. The van der Waals surface area contributed by atoms with Crippen molar-refractivity contribution in [2.75, 3.05) is 25.6 Å². The molecule has 0 bridgehead atoms. The van der Waals surface area contributed by atoms with Crippen LogP contribution >= 0.6 is 0 Å². The minimum Gasteiger partial charge on any atom is -0.496 e. The van der Waals surface area contributed by atoms with Crippen LogP contribution in [-0.4, -0.2) is 52.5 Å². The van der Waals surface area contributed by atoms with Gasteiger partial charge >= 0.3 is 0 Å². The van der Waals surface area contributed by atoms with Crippen molar-refractivity contribution in [3.63, 3.8) is 0 Å². The molecule has 0 radical (unpaired) electrons. The number of anilines is 1. The Bertz CT molecular complexity index is 1450. The Morgan fingerprint density at radius 3 is 2.64 bits per heavy atom. The highest BCUT2D eigenvalue weighted by molar-refractivity contribution is 6.03. The topological polar surface area (TPSA) is 114 Å². The highest BCUT2D eigenvalue weighted by Crippen LogP contribution is 2.43. The van der Waals surface area contributed by atoms with Crippen LogP contribution in [0.3, 0.4) is 0 Å². The van der Waals surface area contributed by atoms with Gasteiger partial charge in [-0.05, 0) is 72.1 Å². The molecule has 3 heterocycles. The average molecular weight is 582 g/mol. The number of carbonyl (C=O) groups is 1. The molecule has 224 valence electrons. The van der Waals surface area contributed by atoms with Crippen molar-refractivity contribution in [1.82, 2.24) is 9.97 Å². The van der Waals surface area contributed by atoms with Crippen LogP contribution in [0.4, 0.5) is 14.5 Å². The number of hydrogen-bond acceptors (Lipinski definition) is 7. The summed E-state index contributed by atoms with van der Waals surface area (Å²) in [5.41, 5.74) is -0.419. The standard InChI is InChI=1S/C32H37F2N3O5/c1-4-19-13-20(14-27(38)18(19)2)22-7-10-35-17-26(22)37-31(39)25-6-5-23(33)30(36-25)29-24(34)15-21(16-28(29)41-3)32(40)8-11-42-12-9-32/h5-7,10,15-20,27,38,40H,4,8-9,11-14H2,1-3H3,(H,37,39)/t18-,19-,20+,27+/m0/s1. The monoisotopic (exact) mass is 581 g/mol. The number of halogens is 2. The molecule has 2 fully saturated rings. The SMILES string of the molecule is CC[C@H]1C[C@@H](c2ccncc2NC(=O)c2ccc(F)c(-c3c(F)cc(C4(O)CCOCC4)cc3OC)n2)C[C@@H](O)[C@H]1C. The largest absolute Gasteiger partial charge is 0.496 e. The van der Waals surface area contributed by atoms with E-state index in [4.69, 9.17) is 9.47 Å². The number of benzene rings is 1. The third-order valence-electron chi connectivity index (χ3n) is 8.98. The van der Waals surface area contributed by atoms with E-state index in [0.717, 1.165) is 30.5 Å². The highest BCUT2D eigenvalue weighted by atomic mass is 19.1. The Labute approximate surface area is 244 Å². The summed E-state index contributed by atoms with van der Waals surface area (Å²) in [7, 11) is 1.32. The lowest BCUT2D eigenvalue weighted by atomic mass is 9.70. The molecule has 10 heteroatoms. The molecule has 3 aromatic rings. The van der Waals surface area contributed by atoms with Crippen molar-refractivity contribution in [2.24, 2.45) is 11.8 Å². The minimum absolute atomic E-state index is 0.0148. The van der Waals surface area contributed by atoms with Gasteiger partial charge in [-0.25, -0.2) is 13.8 Å². The first-order chi connectivity index (χ1) is 20.1. The van der Waals surface area contributed by atoms with E-state index in [1.807, 2.05) is 6.07 Å². The summed E-state index contributed by atoms with van der Waals surface area (Å²) >= 11 is 0. The predicted molar refractivity (Wildman–Crippen MR) is 153 cm³/mol. The van der Waals surface area contributed by atoms with Gasteiger partial charge < -0.3 is 25.0 Å². The Hall–Kier alpha value is -3.47. The molecule has 1 amide bonds. The van der Waals surface area contributed by atoms with E-state index in [1.54, 1.807) is 12.4 Å². The second-order valence-corrected chi connectivity index (χ2v) is 11.4. The lowest BCUT2D eigenvalue weighted by Gasteiger charge is -2.38. The highest BCUT2D eigenvalue weighted by Gasteiger charge is 2.36. The van der Waals surface area contributed by atoms with E-state index in [-0.39, 0.29) is 47.4 Å². The first-order valence-corrected chi connectivity index (χ1v) is 14.4. The molecular weight excluding hydrogens is 544 g/mol. The Kier molecular flexibility index (Phi) is 8.86. The van der Waals surface area contributed by atoms with Crippen LogP contribution in [0, 0.1) is 23.5 Å². The Morgan fingerprint density at radius 2 is 1.93 bits per heavy atom. The third-order valence-corrected chi connectivity index (χ3v) is 8.98. The molecule has 0 spiro atoms. The maximum Gasteiger partial charge on any atom is 0.274 e. The molecular formula is C32H37F2N3O5. The zero-order chi connectivity index (χ0) is 30.0. The fraction of sp³-hybridized carbons (Fsp3) is 0.469. The van der Waals surface area contributed by atoms with Crippen molar-refractivity contribution in [3.8, 4) is 17.0 Å². The van der Waals surface area contributed by atoms with Gasteiger partial charge in [-0.2, -0.15) is 0 Å². The molecule has 2 aromatic heterocycles. The van der Waals surface area contributed by atoms with Crippen LogP contribution in [0.2, 0.25) is 0 Å². The van der Waals surface area contributed by atoms with Crippen LogP contribution in [0.1, 0.15) is 73.5 Å². The normalized spacial score (nSPS) is 23.8. The smallest absolute Gasteiger partial charge is 0.274 e. The number of ether oxygens (including phenoxy) is 2. The number of carbonyl (C=O) groups excluding carboxylic acids is 1. The van der Waals surface area contributed by atoms with E-state index in [2.05, 4.69) is 29.1 Å². The van der Waals surface area contributed by atoms with E-state index in [0.29, 0.717) is 36.8 Å². The van der Waals surface area contributed by atoms with Gasteiger partial charge in [-0.3, -0.25) is 9.78 Å². The van der Waals surface area contributed by atoms with Crippen LogP contribution in [0.15, 0.2) is 42.7 Å². The summed E-state index contributed by atoms with van der Waals surface area (Å²) in [5, 5.41) is 24.6. The maximum absolute atomic E-state index is 15.6. The Balaban J connectivity index is 1.44. The van der Waals surface area contributed by atoms with Gasteiger partial charge in [0, 0.05) is 32.3 Å². The van der Waals surface area contributed by atoms with Crippen LogP contribution in [-0.2, 0) is 10.3 Å². The summed E-state index contributed by atoms with van der Waals surface area (Å²) in [6.45, 7) is 4.84. The number of aromatic nitrogens is 2. The quantitative estimate of drug-likeness (QED) is 0.334. The average Bonchev–Trinajstić information content (AvgIpc) is 2.99. The summed E-state index contributed by atoms with van der Waals surface area (Å²) in [6.07, 6.45) is 5.70. The van der Waals surface area contributed by atoms with Crippen molar-refractivity contribution < 1.29 is 33.3 Å². The second-order valence-electron chi connectivity index (χ2n) is 11.4. The fourth-order valence-corrected chi connectivity index (χ4v) is 6.32. The molecule has 1 aromatic carbocycles. The van der Waals surface area contributed by atoms with Crippen molar-refractivity contribution in [2.45, 2.75) is 63.6 Å². The molecule has 1 aliphatic heterocycles. The van der Waals surface area contributed by atoms with Gasteiger partial charge in [-0.15, -0.1) is 0 Å². The first kappa shape index (κ1) is 30.0. The predicted octanol–water partition coefficient (Wildman–Crippen LogP) is 5.58. The molecule has 4 atom stereocenters. The summed E-state index contributed by atoms with van der Waals surface area (Å²) in [6, 6.07) is 6.76. The van der Waals surface area contributed by atoms with Crippen LogP contribution in [0.5, 0.6) is 5.75 Å². The number of nitrogens with one attached hydrogen (secondary N) is 1. The molecule has 2 aliphatic rings. The lowest BCUT2D eigenvalue weighted by molar-refractivity contribution is -0.0681. The Morgan fingerprint density at radius 1 is 1.17 bits per heavy atom. The number of rotatable bonds is 7. The van der Waals surface area contributed by atoms with Crippen molar-refractivity contribution in [1.29, 1.82) is 0 Å². The number of aliphatic hydroxyl groups excluding tert-OH is 1. The van der Waals surface area contributed by atoms with E-state index in [1.165, 1.54) is 19.2 Å². The zero-order valence-electron chi connectivity index (χ0n) is 24.1. The first-order valence-electron chi connectivity index (χ1n) is 14.4. The van der Waals surface area contributed by atoms with Gasteiger partial charge in [0.25, 0.3) is 5.91 Å². The number of methoxy groups -OCH3 is 1. The maximum atomic E-state index is 15.6.